The number of rotatable bonds is 3. The average molecular weight is 293 g/mol. The van der Waals surface area contributed by atoms with Gasteiger partial charge in [-0.15, -0.1) is 12.4 Å². The Bertz CT molecular complexity index is 259. The predicted octanol–water partition coefficient (Wildman–Crippen LogP) is 2.19. The maximum atomic E-state index is 12.2. The second-order valence-corrected chi connectivity index (χ2v) is 6.51. The Balaban J connectivity index is 0.00000162. The monoisotopic (exact) mass is 292 g/mol. The van der Waals surface area contributed by atoms with Crippen molar-refractivity contribution in [2.75, 3.05) is 18.1 Å². The summed E-state index contributed by atoms with van der Waals surface area (Å²) in [5, 5.41) is 3.26. The fourth-order valence-corrected chi connectivity index (χ4v) is 4.05. The molecule has 2 aliphatic rings. The molecule has 1 saturated carbocycles. The van der Waals surface area contributed by atoms with E-state index in [1.807, 2.05) is 11.8 Å². The van der Waals surface area contributed by atoms with Crippen LogP contribution >= 0.6 is 24.2 Å². The minimum absolute atomic E-state index is 0. The number of carbonyl (C=O) groups excluding carboxylic acids is 1. The zero-order valence-electron chi connectivity index (χ0n) is 10.9. The van der Waals surface area contributed by atoms with Crippen LogP contribution in [-0.2, 0) is 4.79 Å². The normalized spacial score (nSPS) is 29.4. The van der Waals surface area contributed by atoms with Crippen LogP contribution in [0.4, 0.5) is 0 Å². The van der Waals surface area contributed by atoms with Gasteiger partial charge in [0.15, 0.2) is 0 Å². The van der Waals surface area contributed by atoms with E-state index in [2.05, 4.69) is 5.32 Å². The van der Waals surface area contributed by atoms with Gasteiger partial charge < -0.3 is 11.1 Å². The van der Waals surface area contributed by atoms with Crippen molar-refractivity contribution in [1.82, 2.24) is 5.32 Å². The Morgan fingerprint density at radius 1 is 1.17 bits per heavy atom. The molecule has 0 bridgehead atoms. The summed E-state index contributed by atoms with van der Waals surface area (Å²) >= 11 is 1.97. The van der Waals surface area contributed by atoms with Crippen molar-refractivity contribution >= 4 is 30.1 Å². The van der Waals surface area contributed by atoms with E-state index in [1.165, 1.54) is 19.3 Å². The summed E-state index contributed by atoms with van der Waals surface area (Å²) in [6.45, 7) is 0.714. The molecule has 1 aliphatic carbocycles. The lowest BCUT2D eigenvalue weighted by molar-refractivity contribution is -0.126. The molecule has 1 heterocycles. The molecule has 0 spiro atoms. The van der Waals surface area contributed by atoms with Crippen LogP contribution in [0.5, 0.6) is 0 Å². The number of hydrogen-bond acceptors (Lipinski definition) is 3. The molecule has 5 heteroatoms. The number of nitrogens with two attached hydrogens (primary N) is 1. The van der Waals surface area contributed by atoms with Crippen molar-refractivity contribution in [3.05, 3.63) is 0 Å². The first-order valence-corrected chi connectivity index (χ1v) is 8.05. The molecule has 1 amide bonds. The van der Waals surface area contributed by atoms with Crippen LogP contribution in [-0.4, -0.2) is 30.0 Å². The molecule has 0 aromatic rings. The van der Waals surface area contributed by atoms with E-state index < -0.39 is 0 Å². The lowest BCUT2D eigenvalue weighted by Gasteiger charge is -2.33. The van der Waals surface area contributed by atoms with Crippen molar-refractivity contribution in [2.45, 2.75) is 44.6 Å². The topological polar surface area (TPSA) is 55.1 Å². The Morgan fingerprint density at radius 3 is 2.50 bits per heavy atom. The van der Waals surface area contributed by atoms with Crippen LogP contribution in [0.15, 0.2) is 0 Å². The van der Waals surface area contributed by atoms with Crippen LogP contribution in [0.3, 0.4) is 0 Å². The highest BCUT2D eigenvalue weighted by molar-refractivity contribution is 7.99. The van der Waals surface area contributed by atoms with Crippen LogP contribution in [0.25, 0.3) is 0 Å². The fraction of sp³-hybridized carbons (Fsp3) is 0.923. The lowest BCUT2D eigenvalue weighted by atomic mass is 9.84. The predicted molar refractivity (Wildman–Crippen MR) is 80.2 cm³/mol. The van der Waals surface area contributed by atoms with Crippen LogP contribution in [0.2, 0.25) is 0 Å². The molecular formula is C13H25ClN2OS. The third-order valence-corrected chi connectivity index (χ3v) is 5.18. The number of amides is 1. The number of halogens is 1. The van der Waals surface area contributed by atoms with Crippen molar-refractivity contribution < 1.29 is 4.79 Å². The summed E-state index contributed by atoms with van der Waals surface area (Å²) < 4.78 is 0. The Kier molecular flexibility index (Phi) is 7.42. The second kappa shape index (κ2) is 8.28. The Labute approximate surface area is 120 Å². The summed E-state index contributed by atoms with van der Waals surface area (Å²) in [4.78, 5) is 12.2. The van der Waals surface area contributed by atoms with Gasteiger partial charge in [0.05, 0.1) is 0 Å². The third-order valence-electron chi connectivity index (χ3n) is 4.13. The van der Waals surface area contributed by atoms with E-state index in [1.54, 1.807) is 0 Å². The van der Waals surface area contributed by atoms with Gasteiger partial charge in [0, 0.05) is 12.0 Å². The van der Waals surface area contributed by atoms with E-state index in [4.69, 9.17) is 5.73 Å². The lowest BCUT2D eigenvalue weighted by Crippen LogP contribution is -2.47. The zero-order valence-corrected chi connectivity index (χ0v) is 12.5. The molecule has 18 heavy (non-hydrogen) atoms. The molecular weight excluding hydrogens is 268 g/mol. The Morgan fingerprint density at radius 2 is 1.83 bits per heavy atom. The van der Waals surface area contributed by atoms with Gasteiger partial charge in [-0.05, 0) is 49.7 Å². The molecule has 0 radical (unpaired) electrons. The van der Waals surface area contributed by atoms with Gasteiger partial charge >= 0.3 is 0 Å². The minimum atomic E-state index is 0. The number of thioether (sulfide) groups is 1. The highest BCUT2D eigenvalue weighted by Crippen LogP contribution is 2.26. The molecule has 2 rings (SSSR count). The van der Waals surface area contributed by atoms with Crippen molar-refractivity contribution in [3.63, 3.8) is 0 Å². The molecule has 0 aromatic heterocycles. The van der Waals surface area contributed by atoms with Gasteiger partial charge in [0.1, 0.15) is 0 Å². The third kappa shape index (κ3) is 4.32. The van der Waals surface area contributed by atoms with Gasteiger partial charge in [0.25, 0.3) is 0 Å². The zero-order chi connectivity index (χ0) is 12.1. The van der Waals surface area contributed by atoms with Gasteiger partial charge in [-0.3, -0.25) is 4.79 Å². The van der Waals surface area contributed by atoms with E-state index >= 15 is 0 Å². The molecule has 2 atom stereocenters. The molecule has 106 valence electrons. The summed E-state index contributed by atoms with van der Waals surface area (Å²) in [5.74, 6) is 3.34. The van der Waals surface area contributed by atoms with Crippen molar-refractivity contribution in [1.29, 1.82) is 0 Å². The molecule has 3 N–H and O–H groups in total. The first-order valence-electron chi connectivity index (χ1n) is 6.89. The minimum Gasteiger partial charge on any atom is -0.353 e. The van der Waals surface area contributed by atoms with Crippen LogP contribution < -0.4 is 11.1 Å². The second-order valence-electron chi connectivity index (χ2n) is 5.28. The smallest absolute Gasteiger partial charge is 0.223 e. The standard InChI is InChI=1S/C13H24N2OS.ClH/c14-9-11-3-1-2-4-12(11)15-13(16)10-5-7-17-8-6-10;/h10-12H,1-9,14H2,(H,15,16);1H. The number of hydrogen-bond donors (Lipinski definition) is 2. The first kappa shape index (κ1) is 16.1. The quantitative estimate of drug-likeness (QED) is 0.838. The van der Waals surface area contributed by atoms with Gasteiger partial charge in [0.2, 0.25) is 5.91 Å². The highest BCUT2D eigenvalue weighted by atomic mass is 35.5. The van der Waals surface area contributed by atoms with Crippen LogP contribution in [0.1, 0.15) is 38.5 Å². The summed E-state index contributed by atoms with van der Waals surface area (Å²) in [6.07, 6.45) is 6.92. The van der Waals surface area contributed by atoms with Crippen molar-refractivity contribution in [2.24, 2.45) is 17.6 Å². The molecule has 2 unspecified atom stereocenters. The summed E-state index contributed by atoms with van der Waals surface area (Å²) in [6, 6.07) is 0.343. The van der Waals surface area contributed by atoms with E-state index in [9.17, 15) is 4.79 Å². The van der Waals surface area contributed by atoms with E-state index in [0.29, 0.717) is 18.5 Å². The number of carbonyl (C=O) groups is 1. The maximum Gasteiger partial charge on any atom is 0.223 e. The summed E-state index contributed by atoms with van der Waals surface area (Å²) in [7, 11) is 0. The van der Waals surface area contributed by atoms with Gasteiger partial charge in [-0.1, -0.05) is 12.8 Å². The molecule has 3 nitrogen and oxygen atoms in total. The van der Waals surface area contributed by atoms with E-state index in [-0.39, 0.29) is 24.2 Å². The molecule has 2 fully saturated rings. The van der Waals surface area contributed by atoms with Crippen molar-refractivity contribution in [3.8, 4) is 0 Å². The van der Waals surface area contributed by atoms with E-state index in [0.717, 1.165) is 30.8 Å². The first-order chi connectivity index (χ1) is 8.31. The molecule has 0 aromatic carbocycles. The van der Waals surface area contributed by atoms with Gasteiger partial charge in [-0.2, -0.15) is 11.8 Å². The highest BCUT2D eigenvalue weighted by Gasteiger charge is 2.28. The molecule has 1 aliphatic heterocycles. The summed E-state index contributed by atoms with van der Waals surface area (Å²) in [5.41, 5.74) is 5.79. The van der Waals surface area contributed by atoms with Crippen LogP contribution in [0, 0.1) is 11.8 Å². The maximum absolute atomic E-state index is 12.2. The molecule has 1 saturated heterocycles. The van der Waals surface area contributed by atoms with Gasteiger partial charge in [-0.25, -0.2) is 0 Å². The largest absolute Gasteiger partial charge is 0.353 e. The number of nitrogens with one attached hydrogen (secondary N) is 1. The SMILES string of the molecule is Cl.NCC1CCCCC1NC(=O)C1CCSCC1. The average Bonchev–Trinajstić information content (AvgIpc) is 2.40. The Hall–Kier alpha value is 0.0700. The fourth-order valence-electron chi connectivity index (χ4n) is 2.94.